The van der Waals surface area contributed by atoms with Gasteiger partial charge in [0.15, 0.2) is 10.6 Å². The summed E-state index contributed by atoms with van der Waals surface area (Å²) in [7, 11) is 0. The van der Waals surface area contributed by atoms with E-state index in [2.05, 4.69) is 48.1 Å². The van der Waals surface area contributed by atoms with E-state index in [1.807, 2.05) is 12.1 Å². The van der Waals surface area contributed by atoms with Crippen LogP contribution in [0.5, 0.6) is 5.75 Å². The minimum Gasteiger partial charge on any atom is -0.486 e. The van der Waals surface area contributed by atoms with Gasteiger partial charge in [0, 0.05) is 0 Å². The number of hydrogen-bond acceptors (Lipinski definition) is 3. The lowest BCUT2D eigenvalue weighted by Gasteiger charge is -2.19. The Labute approximate surface area is 111 Å². The third kappa shape index (κ3) is 3.20. The predicted octanol–water partition coefficient (Wildman–Crippen LogP) is 3.34. The number of aromatic nitrogens is 3. The van der Waals surface area contributed by atoms with E-state index in [-0.39, 0.29) is 5.41 Å². The second-order valence-corrected chi connectivity index (χ2v) is 5.60. The molecule has 5 heteroatoms. The first-order valence-electron chi connectivity index (χ1n) is 5.82. The molecule has 18 heavy (non-hydrogen) atoms. The van der Waals surface area contributed by atoms with Crippen molar-refractivity contribution >= 4 is 12.2 Å². The summed E-state index contributed by atoms with van der Waals surface area (Å²) in [6, 6.07) is 8.11. The second-order valence-electron chi connectivity index (χ2n) is 5.19. The first-order valence-corrected chi connectivity index (χ1v) is 6.23. The van der Waals surface area contributed by atoms with Crippen LogP contribution >= 0.6 is 12.2 Å². The molecule has 0 amide bonds. The number of rotatable bonds is 3. The van der Waals surface area contributed by atoms with E-state index in [1.54, 1.807) is 0 Å². The number of ether oxygens (including phenoxy) is 1. The average Bonchev–Trinajstić information content (AvgIpc) is 2.72. The molecule has 0 bridgehead atoms. The fraction of sp³-hybridized carbons (Fsp3) is 0.385. The first-order chi connectivity index (χ1) is 8.45. The summed E-state index contributed by atoms with van der Waals surface area (Å²) in [6.07, 6.45) is 0. The van der Waals surface area contributed by atoms with Crippen LogP contribution in [-0.4, -0.2) is 15.2 Å². The molecule has 1 aromatic heterocycles. The number of benzene rings is 1. The van der Waals surface area contributed by atoms with Gasteiger partial charge in [-0.1, -0.05) is 32.9 Å². The molecule has 0 unspecified atom stereocenters. The molecule has 0 radical (unpaired) electrons. The Morgan fingerprint density at radius 3 is 2.72 bits per heavy atom. The van der Waals surface area contributed by atoms with Crippen LogP contribution in [0.1, 0.15) is 32.2 Å². The highest BCUT2D eigenvalue weighted by atomic mass is 32.1. The Bertz CT molecular complexity index is 580. The summed E-state index contributed by atoms with van der Waals surface area (Å²) in [6.45, 7) is 6.91. The third-order valence-corrected chi connectivity index (χ3v) is 2.82. The van der Waals surface area contributed by atoms with Gasteiger partial charge in [-0.25, -0.2) is 0 Å². The highest BCUT2D eigenvalue weighted by Gasteiger charge is 2.13. The van der Waals surface area contributed by atoms with Crippen molar-refractivity contribution in [3.8, 4) is 5.75 Å². The van der Waals surface area contributed by atoms with Crippen molar-refractivity contribution in [1.29, 1.82) is 0 Å². The second kappa shape index (κ2) is 4.94. The van der Waals surface area contributed by atoms with Crippen molar-refractivity contribution in [2.24, 2.45) is 0 Å². The fourth-order valence-electron chi connectivity index (χ4n) is 1.58. The summed E-state index contributed by atoms with van der Waals surface area (Å²) in [5.74, 6) is 1.53. The first kappa shape index (κ1) is 12.8. The lowest BCUT2D eigenvalue weighted by atomic mass is 9.87. The van der Waals surface area contributed by atoms with Crippen LogP contribution in [0.2, 0.25) is 0 Å². The van der Waals surface area contributed by atoms with Crippen molar-refractivity contribution in [2.75, 3.05) is 0 Å². The normalized spacial score (nSPS) is 11.5. The molecule has 0 saturated carbocycles. The number of nitrogens with zero attached hydrogens (tertiary/aromatic N) is 1. The molecule has 0 aliphatic carbocycles. The summed E-state index contributed by atoms with van der Waals surface area (Å²) in [5, 5.41) is 6.66. The predicted molar refractivity (Wildman–Crippen MR) is 73.2 cm³/mol. The summed E-state index contributed by atoms with van der Waals surface area (Å²) in [4.78, 5) is 2.91. The SMILES string of the molecule is CC(C)(C)c1cccc(OCc2n[nH]c(=S)[nH]2)c1. The molecule has 0 spiro atoms. The molecule has 0 saturated heterocycles. The minimum absolute atomic E-state index is 0.117. The topological polar surface area (TPSA) is 53.7 Å². The number of aromatic amines is 2. The largest absolute Gasteiger partial charge is 0.486 e. The monoisotopic (exact) mass is 263 g/mol. The molecule has 2 N–H and O–H groups in total. The zero-order valence-corrected chi connectivity index (χ0v) is 11.6. The van der Waals surface area contributed by atoms with E-state index >= 15 is 0 Å². The van der Waals surface area contributed by atoms with Crippen LogP contribution in [0.15, 0.2) is 24.3 Å². The van der Waals surface area contributed by atoms with Gasteiger partial charge in [0.05, 0.1) is 0 Å². The fourth-order valence-corrected chi connectivity index (χ4v) is 1.74. The summed E-state index contributed by atoms with van der Waals surface area (Å²) < 4.78 is 6.19. The molecule has 2 rings (SSSR count). The van der Waals surface area contributed by atoms with Crippen molar-refractivity contribution in [3.63, 3.8) is 0 Å². The van der Waals surface area contributed by atoms with E-state index in [0.29, 0.717) is 17.2 Å². The van der Waals surface area contributed by atoms with Crippen LogP contribution in [0.25, 0.3) is 0 Å². The van der Waals surface area contributed by atoms with Gasteiger partial charge in [0.25, 0.3) is 0 Å². The van der Waals surface area contributed by atoms with Crippen LogP contribution in [-0.2, 0) is 12.0 Å². The molecule has 1 heterocycles. The maximum absolute atomic E-state index is 5.68. The van der Waals surface area contributed by atoms with Gasteiger partial charge in [0.1, 0.15) is 12.4 Å². The molecular weight excluding hydrogens is 246 g/mol. The lowest BCUT2D eigenvalue weighted by molar-refractivity contribution is 0.295. The maximum atomic E-state index is 5.68. The van der Waals surface area contributed by atoms with Gasteiger partial charge in [-0.2, -0.15) is 5.10 Å². The Morgan fingerprint density at radius 2 is 2.11 bits per heavy atom. The summed E-state index contributed by atoms with van der Waals surface area (Å²) >= 11 is 4.90. The van der Waals surface area contributed by atoms with E-state index in [0.717, 1.165) is 5.75 Å². The van der Waals surface area contributed by atoms with Gasteiger partial charge < -0.3 is 9.72 Å². The molecule has 0 atom stereocenters. The summed E-state index contributed by atoms with van der Waals surface area (Å²) in [5.41, 5.74) is 1.36. The van der Waals surface area contributed by atoms with E-state index in [9.17, 15) is 0 Å². The van der Waals surface area contributed by atoms with Crippen molar-refractivity contribution in [2.45, 2.75) is 32.8 Å². The Kier molecular flexibility index (Phi) is 3.52. The van der Waals surface area contributed by atoms with Crippen LogP contribution < -0.4 is 4.74 Å². The standard InChI is InChI=1S/C13H17N3OS/c1-13(2,3)9-5-4-6-10(7-9)17-8-11-14-12(18)16-15-11/h4-7H,8H2,1-3H3,(H2,14,15,16,18). The third-order valence-electron chi connectivity index (χ3n) is 2.63. The molecule has 2 aromatic rings. The molecule has 0 aliphatic heterocycles. The molecule has 1 aromatic carbocycles. The van der Waals surface area contributed by atoms with Crippen molar-refractivity contribution in [1.82, 2.24) is 15.2 Å². The Hall–Kier alpha value is -1.62. The number of nitrogens with one attached hydrogen (secondary N) is 2. The van der Waals surface area contributed by atoms with E-state index in [1.165, 1.54) is 5.56 Å². The lowest BCUT2D eigenvalue weighted by Crippen LogP contribution is -2.11. The van der Waals surface area contributed by atoms with Crippen molar-refractivity contribution in [3.05, 3.63) is 40.4 Å². The van der Waals surface area contributed by atoms with Crippen LogP contribution in [0.4, 0.5) is 0 Å². The maximum Gasteiger partial charge on any atom is 0.192 e. The minimum atomic E-state index is 0.117. The quantitative estimate of drug-likeness (QED) is 0.835. The number of H-pyrrole nitrogens is 2. The smallest absolute Gasteiger partial charge is 0.192 e. The Balaban J connectivity index is 2.08. The zero-order valence-electron chi connectivity index (χ0n) is 10.8. The zero-order chi connectivity index (χ0) is 13.2. The van der Waals surface area contributed by atoms with Crippen LogP contribution in [0.3, 0.4) is 0 Å². The van der Waals surface area contributed by atoms with E-state index < -0.39 is 0 Å². The average molecular weight is 263 g/mol. The van der Waals surface area contributed by atoms with Gasteiger partial charge in [0.2, 0.25) is 0 Å². The van der Waals surface area contributed by atoms with Gasteiger partial charge in [-0.15, -0.1) is 0 Å². The molecule has 0 fully saturated rings. The van der Waals surface area contributed by atoms with E-state index in [4.69, 9.17) is 17.0 Å². The molecular formula is C13H17N3OS. The van der Waals surface area contributed by atoms with Gasteiger partial charge in [-0.3, -0.25) is 5.10 Å². The molecule has 0 aliphatic rings. The van der Waals surface area contributed by atoms with Crippen LogP contribution in [0, 0.1) is 4.77 Å². The van der Waals surface area contributed by atoms with Gasteiger partial charge >= 0.3 is 0 Å². The number of hydrogen-bond donors (Lipinski definition) is 2. The van der Waals surface area contributed by atoms with Crippen molar-refractivity contribution < 1.29 is 4.74 Å². The Morgan fingerprint density at radius 1 is 1.33 bits per heavy atom. The van der Waals surface area contributed by atoms with Gasteiger partial charge in [-0.05, 0) is 35.3 Å². The highest BCUT2D eigenvalue weighted by Crippen LogP contribution is 2.25. The molecule has 96 valence electrons. The molecule has 4 nitrogen and oxygen atoms in total. The highest BCUT2D eigenvalue weighted by molar-refractivity contribution is 7.71.